The van der Waals surface area contributed by atoms with Gasteiger partial charge in [-0.2, -0.15) is 5.21 Å². The number of pyridine rings is 1. The van der Waals surface area contributed by atoms with Crippen molar-refractivity contribution in [2.75, 3.05) is 19.0 Å². The molecule has 0 aliphatic rings. The van der Waals surface area contributed by atoms with E-state index in [1.165, 1.54) is 0 Å². The zero-order valence-corrected chi connectivity index (χ0v) is 12.7. The SMILES string of the molecule is COCCCn1c(C)cc(C)c(C(=O)Nc2nn[nH]n2)c1=O. The van der Waals surface area contributed by atoms with E-state index in [9.17, 15) is 9.59 Å². The molecule has 0 unspecified atom stereocenters. The van der Waals surface area contributed by atoms with Crippen LogP contribution in [0.3, 0.4) is 0 Å². The van der Waals surface area contributed by atoms with Crippen LogP contribution in [-0.2, 0) is 11.3 Å². The average Bonchev–Trinajstić information content (AvgIpc) is 2.95. The van der Waals surface area contributed by atoms with E-state index < -0.39 is 5.91 Å². The number of aryl methyl sites for hydroxylation is 2. The molecule has 9 nitrogen and oxygen atoms in total. The molecule has 0 saturated heterocycles. The lowest BCUT2D eigenvalue weighted by Gasteiger charge is -2.13. The molecular weight excluding hydrogens is 288 g/mol. The number of nitrogens with one attached hydrogen (secondary N) is 2. The molecule has 0 aromatic carbocycles. The second-order valence-corrected chi connectivity index (χ2v) is 4.84. The van der Waals surface area contributed by atoms with Crippen molar-refractivity contribution in [3.63, 3.8) is 0 Å². The van der Waals surface area contributed by atoms with Crippen LogP contribution in [0.4, 0.5) is 5.95 Å². The van der Waals surface area contributed by atoms with Crippen molar-refractivity contribution in [2.45, 2.75) is 26.8 Å². The van der Waals surface area contributed by atoms with Gasteiger partial charge >= 0.3 is 0 Å². The molecule has 0 aliphatic carbocycles. The fraction of sp³-hybridized carbons (Fsp3) is 0.462. The van der Waals surface area contributed by atoms with E-state index in [4.69, 9.17) is 4.74 Å². The Kier molecular flexibility index (Phi) is 4.99. The van der Waals surface area contributed by atoms with Crippen LogP contribution in [0.2, 0.25) is 0 Å². The maximum Gasteiger partial charge on any atom is 0.270 e. The average molecular weight is 306 g/mol. The number of amides is 1. The van der Waals surface area contributed by atoms with Crippen LogP contribution in [0, 0.1) is 13.8 Å². The summed E-state index contributed by atoms with van der Waals surface area (Å²) in [5, 5.41) is 15.3. The predicted octanol–water partition coefficient (Wildman–Crippen LogP) is 0.267. The summed E-state index contributed by atoms with van der Waals surface area (Å²) in [5.41, 5.74) is 1.14. The van der Waals surface area contributed by atoms with Gasteiger partial charge in [0.1, 0.15) is 5.56 Å². The number of H-pyrrole nitrogens is 1. The topological polar surface area (TPSA) is 115 Å². The van der Waals surface area contributed by atoms with Gasteiger partial charge in [-0.3, -0.25) is 14.9 Å². The Balaban J connectivity index is 2.32. The van der Waals surface area contributed by atoms with E-state index in [0.717, 1.165) is 5.69 Å². The molecule has 2 rings (SSSR count). The van der Waals surface area contributed by atoms with Gasteiger partial charge in [0.15, 0.2) is 0 Å². The van der Waals surface area contributed by atoms with Crippen molar-refractivity contribution in [3.05, 3.63) is 33.2 Å². The van der Waals surface area contributed by atoms with Crippen LogP contribution >= 0.6 is 0 Å². The summed E-state index contributed by atoms with van der Waals surface area (Å²) in [6.07, 6.45) is 0.687. The molecule has 0 bridgehead atoms. The third-order valence-corrected chi connectivity index (χ3v) is 3.23. The zero-order chi connectivity index (χ0) is 16.1. The van der Waals surface area contributed by atoms with Gasteiger partial charge in [-0.15, -0.1) is 5.10 Å². The molecule has 118 valence electrons. The molecule has 9 heteroatoms. The normalized spacial score (nSPS) is 10.7. The fourth-order valence-corrected chi connectivity index (χ4v) is 2.23. The number of ether oxygens (including phenoxy) is 1. The molecule has 0 aliphatic heterocycles. The van der Waals surface area contributed by atoms with Gasteiger partial charge in [-0.25, -0.2) is 0 Å². The Hall–Kier alpha value is -2.55. The summed E-state index contributed by atoms with van der Waals surface area (Å²) in [6, 6.07) is 1.80. The Morgan fingerprint density at radius 2 is 2.23 bits per heavy atom. The number of tetrazole rings is 1. The van der Waals surface area contributed by atoms with Crippen molar-refractivity contribution in [3.8, 4) is 0 Å². The number of carbonyl (C=O) groups is 1. The first-order valence-electron chi connectivity index (χ1n) is 6.79. The van der Waals surface area contributed by atoms with Crippen molar-refractivity contribution >= 4 is 11.9 Å². The van der Waals surface area contributed by atoms with Crippen LogP contribution in [0.25, 0.3) is 0 Å². The highest BCUT2D eigenvalue weighted by Gasteiger charge is 2.18. The van der Waals surface area contributed by atoms with E-state index in [-0.39, 0.29) is 17.1 Å². The van der Waals surface area contributed by atoms with Crippen LogP contribution < -0.4 is 10.9 Å². The largest absolute Gasteiger partial charge is 0.385 e. The number of carbonyl (C=O) groups excluding carboxylic acids is 1. The van der Waals surface area contributed by atoms with Gasteiger partial charge in [-0.05, 0) is 37.1 Å². The zero-order valence-electron chi connectivity index (χ0n) is 12.7. The minimum Gasteiger partial charge on any atom is -0.385 e. The van der Waals surface area contributed by atoms with E-state index in [1.54, 1.807) is 24.7 Å². The molecule has 22 heavy (non-hydrogen) atoms. The van der Waals surface area contributed by atoms with Crippen LogP contribution in [-0.4, -0.2) is 44.8 Å². The van der Waals surface area contributed by atoms with E-state index in [2.05, 4.69) is 25.9 Å². The van der Waals surface area contributed by atoms with Gasteiger partial charge in [0, 0.05) is 26.0 Å². The van der Waals surface area contributed by atoms with Crippen molar-refractivity contribution < 1.29 is 9.53 Å². The number of hydrogen-bond donors (Lipinski definition) is 2. The Morgan fingerprint density at radius 3 is 2.86 bits per heavy atom. The molecule has 2 aromatic heterocycles. The highest BCUT2D eigenvalue weighted by Crippen LogP contribution is 2.09. The third kappa shape index (κ3) is 3.37. The summed E-state index contributed by atoms with van der Waals surface area (Å²) in [5.74, 6) is -0.528. The second kappa shape index (κ2) is 6.94. The van der Waals surface area contributed by atoms with Crippen molar-refractivity contribution in [2.24, 2.45) is 0 Å². The molecule has 2 heterocycles. The molecule has 0 atom stereocenters. The highest BCUT2D eigenvalue weighted by molar-refractivity contribution is 6.04. The predicted molar refractivity (Wildman–Crippen MR) is 78.8 cm³/mol. The molecule has 0 radical (unpaired) electrons. The maximum atomic E-state index is 12.6. The molecule has 0 saturated carbocycles. The minimum absolute atomic E-state index is 0.0234. The number of anilines is 1. The van der Waals surface area contributed by atoms with Crippen LogP contribution in [0.1, 0.15) is 28.0 Å². The first-order valence-corrected chi connectivity index (χ1v) is 6.79. The lowest BCUT2D eigenvalue weighted by molar-refractivity contribution is 0.102. The molecule has 1 amide bonds. The van der Waals surface area contributed by atoms with Gasteiger partial charge in [0.2, 0.25) is 0 Å². The monoisotopic (exact) mass is 306 g/mol. The Labute approximate surface area is 126 Å². The van der Waals surface area contributed by atoms with Gasteiger partial charge < -0.3 is 9.30 Å². The number of aromatic amines is 1. The quantitative estimate of drug-likeness (QED) is 0.740. The van der Waals surface area contributed by atoms with E-state index >= 15 is 0 Å². The second-order valence-electron chi connectivity index (χ2n) is 4.84. The number of hydrogen-bond acceptors (Lipinski definition) is 6. The summed E-state index contributed by atoms with van der Waals surface area (Å²) in [4.78, 5) is 24.8. The number of methoxy groups -OCH3 is 1. The number of rotatable bonds is 6. The Morgan fingerprint density at radius 1 is 1.45 bits per heavy atom. The first kappa shape index (κ1) is 15.8. The van der Waals surface area contributed by atoms with Crippen LogP contribution in [0.15, 0.2) is 10.9 Å². The number of nitrogens with zero attached hydrogens (tertiary/aromatic N) is 4. The molecule has 0 fully saturated rings. The third-order valence-electron chi connectivity index (χ3n) is 3.23. The number of aromatic nitrogens is 5. The van der Waals surface area contributed by atoms with Gasteiger partial charge in [-0.1, -0.05) is 5.10 Å². The standard InChI is InChI=1S/C13H18N6O3/c1-8-7-9(2)19(5-4-6-22-3)12(21)10(8)11(20)14-13-15-17-18-16-13/h7H,4-6H2,1-3H3,(H2,14,15,16,17,18,20). The fourth-order valence-electron chi connectivity index (χ4n) is 2.23. The molecular formula is C13H18N6O3. The summed E-state index contributed by atoms with van der Waals surface area (Å²) in [6.45, 7) is 4.59. The highest BCUT2D eigenvalue weighted by atomic mass is 16.5. The Bertz CT molecular complexity index is 707. The van der Waals surface area contributed by atoms with Gasteiger partial charge in [0.05, 0.1) is 0 Å². The molecule has 2 N–H and O–H groups in total. The van der Waals surface area contributed by atoms with E-state index in [1.807, 2.05) is 6.92 Å². The molecule has 2 aromatic rings. The minimum atomic E-state index is -0.551. The smallest absolute Gasteiger partial charge is 0.270 e. The maximum absolute atomic E-state index is 12.6. The summed E-state index contributed by atoms with van der Waals surface area (Å²) >= 11 is 0. The lowest BCUT2D eigenvalue weighted by atomic mass is 10.1. The van der Waals surface area contributed by atoms with Crippen LogP contribution in [0.5, 0.6) is 0 Å². The summed E-state index contributed by atoms with van der Waals surface area (Å²) < 4.78 is 6.56. The lowest BCUT2D eigenvalue weighted by Crippen LogP contribution is -2.32. The summed E-state index contributed by atoms with van der Waals surface area (Å²) in [7, 11) is 1.61. The van der Waals surface area contributed by atoms with Crippen molar-refractivity contribution in [1.29, 1.82) is 0 Å². The molecule has 0 spiro atoms. The first-order chi connectivity index (χ1) is 10.5. The van der Waals surface area contributed by atoms with Crippen molar-refractivity contribution in [1.82, 2.24) is 25.2 Å². The van der Waals surface area contributed by atoms with E-state index in [0.29, 0.717) is 25.1 Å². The van der Waals surface area contributed by atoms with Gasteiger partial charge in [0.25, 0.3) is 17.4 Å².